The predicted octanol–water partition coefficient (Wildman–Crippen LogP) is 3.74. The molecule has 2 rings (SSSR count). The van der Waals surface area contributed by atoms with Crippen molar-refractivity contribution < 1.29 is 4.79 Å². The molecule has 0 aliphatic rings. The molecular formula is C15H15IN2O. The fourth-order valence-electron chi connectivity index (χ4n) is 1.66. The molecule has 3 nitrogen and oxygen atoms in total. The molecule has 0 spiro atoms. The third-order valence-corrected chi connectivity index (χ3v) is 4.13. The summed E-state index contributed by atoms with van der Waals surface area (Å²) in [4.78, 5) is 12.1. The molecule has 4 heteroatoms. The van der Waals surface area contributed by atoms with Gasteiger partial charge in [-0.2, -0.15) is 0 Å². The number of nitrogens with two attached hydrogens (primary N) is 1. The highest BCUT2D eigenvalue weighted by molar-refractivity contribution is 14.1. The zero-order valence-electron chi connectivity index (χ0n) is 10.8. The van der Waals surface area contributed by atoms with Crippen molar-refractivity contribution in [2.75, 3.05) is 11.1 Å². The number of carbonyl (C=O) groups excluding carboxylic acids is 1. The van der Waals surface area contributed by atoms with Crippen LogP contribution in [0.1, 0.15) is 21.5 Å². The molecule has 0 fully saturated rings. The highest BCUT2D eigenvalue weighted by atomic mass is 127. The van der Waals surface area contributed by atoms with E-state index in [-0.39, 0.29) is 5.91 Å². The van der Waals surface area contributed by atoms with Crippen LogP contribution in [-0.2, 0) is 0 Å². The molecule has 98 valence electrons. The maximum absolute atomic E-state index is 12.1. The highest BCUT2D eigenvalue weighted by Gasteiger charge is 2.08. The van der Waals surface area contributed by atoms with E-state index in [1.54, 1.807) is 12.1 Å². The second-order valence-corrected chi connectivity index (χ2v) is 5.65. The third kappa shape index (κ3) is 3.26. The number of rotatable bonds is 2. The van der Waals surface area contributed by atoms with Crippen LogP contribution in [0, 0.1) is 17.4 Å². The molecule has 19 heavy (non-hydrogen) atoms. The Balaban J connectivity index is 2.20. The summed E-state index contributed by atoms with van der Waals surface area (Å²) in [6, 6.07) is 11.2. The van der Waals surface area contributed by atoms with Crippen LogP contribution in [-0.4, -0.2) is 5.91 Å². The summed E-state index contributed by atoms with van der Waals surface area (Å²) < 4.78 is 1.12. The van der Waals surface area contributed by atoms with Gasteiger partial charge in [-0.05, 0) is 71.8 Å². The van der Waals surface area contributed by atoms with Gasteiger partial charge in [0.15, 0.2) is 0 Å². The number of anilines is 2. The summed E-state index contributed by atoms with van der Waals surface area (Å²) in [6.07, 6.45) is 0. The number of nitrogens with one attached hydrogen (secondary N) is 1. The Morgan fingerprint density at radius 1 is 1.11 bits per heavy atom. The molecule has 0 saturated heterocycles. The summed E-state index contributed by atoms with van der Waals surface area (Å²) in [6.45, 7) is 3.95. The Morgan fingerprint density at radius 2 is 1.79 bits per heavy atom. The molecule has 0 unspecified atom stereocenters. The fourth-order valence-corrected chi connectivity index (χ4v) is 2.17. The Labute approximate surface area is 126 Å². The van der Waals surface area contributed by atoms with Crippen molar-refractivity contribution in [1.29, 1.82) is 0 Å². The number of hydrogen-bond acceptors (Lipinski definition) is 2. The van der Waals surface area contributed by atoms with Crippen LogP contribution >= 0.6 is 22.6 Å². The van der Waals surface area contributed by atoms with Gasteiger partial charge in [-0.1, -0.05) is 12.1 Å². The summed E-state index contributed by atoms with van der Waals surface area (Å²) in [5, 5.41) is 2.87. The SMILES string of the molecule is Cc1ccc(C(=O)Nc2ccc(C)c(I)c2)cc1N. The van der Waals surface area contributed by atoms with Crippen molar-refractivity contribution in [2.45, 2.75) is 13.8 Å². The first-order valence-electron chi connectivity index (χ1n) is 5.91. The normalized spacial score (nSPS) is 10.3. The van der Waals surface area contributed by atoms with Gasteiger partial charge < -0.3 is 11.1 Å². The first kappa shape index (κ1) is 13.9. The molecule has 0 heterocycles. The molecule has 0 aliphatic carbocycles. The maximum Gasteiger partial charge on any atom is 0.255 e. The summed E-state index contributed by atoms with van der Waals surface area (Å²) in [5.41, 5.74) is 9.97. The van der Waals surface area contributed by atoms with E-state index in [9.17, 15) is 4.79 Å². The predicted molar refractivity (Wildman–Crippen MR) is 87.4 cm³/mol. The number of benzene rings is 2. The average molecular weight is 366 g/mol. The minimum Gasteiger partial charge on any atom is -0.398 e. The van der Waals surface area contributed by atoms with E-state index in [4.69, 9.17) is 5.73 Å². The van der Waals surface area contributed by atoms with Gasteiger partial charge in [0.05, 0.1) is 0 Å². The molecule has 0 saturated carbocycles. The van der Waals surface area contributed by atoms with Crippen molar-refractivity contribution >= 4 is 39.9 Å². The topological polar surface area (TPSA) is 55.1 Å². The second-order valence-electron chi connectivity index (χ2n) is 4.49. The van der Waals surface area contributed by atoms with Crippen LogP contribution in [0.2, 0.25) is 0 Å². The van der Waals surface area contributed by atoms with Gasteiger partial charge in [0.2, 0.25) is 0 Å². The minimum atomic E-state index is -0.147. The fraction of sp³-hybridized carbons (Fsp3) is 0.133. The largest absolute Gasteiger partial charge is 0.398 e. The lowest BCUT2D eigenvalue weighted by Crippen LogP contribution is -2.12. The lowest BCUT2D eigenvalue weighted by atomic mass is 10.1. The standard InChI is InChI=1S/C15H15IN2O/c1-9-4-6-12(8-13(9)16)18-15(19)11-5-3-10(2)14(17)7-11/h3-8H,17H2,1-2H3,(H,18,19). The lowest BCUT2D eigenvalue weighted by molar-refractivity contribution is 0.102. The molecule has 0 radical (unpaired) electrons. The Hall–Kier alpha value is -1.56. The third-order valence-electron chi connectivity index (χ3n) is 2.97. The molecule has 0 aliphatic heterocycles. The van der Waals surface area contributed by atoms with Crippen molar-refractivity contribution in [3.63, 3.8) is 0 Å². The number of hydrogen-bond donors (Lipinski definition) is 2. The quantitative estimate of drug-likeness (QED) is 0.629. The number of halogens is 1. The number of carbonyl (C=O) groups is 1. The first-order chi connectivity index (χ1) is 8.97. The monoisotopic (exact) mass is 366 g/mol. The molecule has 2 aromatic carbocycles. The van der Waals surface area contributed by atoms with Crippen molar-refractivity contribution in [2.24, 2.45) is 0 Å². The molecule has 1 amide bonds. The van der Waals surface area contributed by atoms with Crippen molar-refractivity contribution in [3.8, 4) is 0 Å². The van der Waals surface area contributed by atoms with Crippen molar-refractivity contribution in [3.05, 3.63) is 56.7 Å². The van der Waals surface area contributed by atoms with E-state index < -0.39 is 0 Å². The van der Waals surface area contributed by atoms with E-state index in [0.29, 0.717) is 11.3 Å². The van der Waals surface area contributed by atoms with Crippen LogP contribution in [0.15, 0.2) is 36.4 Å². The summed E-state index contributed by atoms with van der Waals surface area (Å²) in [7, 11) is 0. The lowest BCUT2D eigenvalue weighted by Gasteiger charge is -2.08. The van der Waals surface area contributed by atoms with Gasteiger partial charge in [-0.3, -0.25) is 4.79 Å². The van der Waals surface area contributed by atoms with Gasteiger partial charge in [0, 0.05) is 20.5 Å². The van der Waals surface area contributed by atoms with Gasteiger partial charge >= 0.3 is 0 Å². The molecule has 0 atom stereocenters. The Morgan fingerprint density at radius 3 is 2.42 bits per heavy atom. The molecule has 0 bridgehead atoms. The highest BCUT2D eigenvalue weighted by Crippen LogP contribution is 2.19. The van der Waals surface area contributed by atoms with E-state index in [2.05, 4.69) is 27.9 Å². The Kier molecular flexibility index (Phi) is 4.09. The molecule has 2 aromatic rings. The minimum absolute atomic E-state index is 0.147. The average Bonchev–Trinajstić information content (AvgIpc) is 2.37. The second kappa shape index (κ2) is 5.61. The van der Waals surface area contributed by atoms with E-state index in [1.807, 2.05) is 38.1 Å². The molecule has 0 aromatic heterocycles. The molecular weight excluding hydrogens is 351 g/mol. The number of amides is 1. The van der Waals surface area contributed by atoms with Crippen LogP contribution in [0.4, 0.5) is 11.4 Å². The van der Waals surface area contributed by atoms with Crippen molar-refractivity contribution in [1.82, 2.24) is 0 Å². The summed E-state index contributed by atoms with van der Waals surface area (Å²) in [5.74, 6) is -0.147. The number of aryl methyl sites for hydroxylation is 2. The molecule has 3 N–H and O–H groups in total. The Bertz CT molecular complexity index is 638. The van der Waals surface area contributed by atoms with E-state index in [0.717, 1.165) is 14.8 Å². The zero-order valence-corrected chi connectivity index (χ0v) is 13.0. The van der Waals surface area contributed by atoms with Gasteiger partial charge in [-0.25, -0.2) is 0 Å². The van der Waals surface area contributed by atoms with Crippen LogP contribution in [0.5, 0.6) is 0 Å². The number of nitrogen functional groups attached to an aromatic ring is 1. The first-order valence-corrected chi connectivity index (χ1v) is 6.99. The summed E-state index contributed by atoms with van der Waals surface area (Å²) >= 11 is 2.25. The zero-order chi connectivity index (χ0) is 14.0. The smallest absolute Gasteiger partial charge is 0.255 e. The van der Waals surface area contributed by atoms with Crippen LogP contribution < -0.4 is 11.1 Å². The van der Waals surface area contributed by atoms with E-state index in [1.165, 1.54) is 5.56 Å². The van der Waals surface area contributed by atoms with Gasteiger partial charge in [0.25, 0.3) is 5.91 Å². The van der Waals surface area contributed by atoms with Crippen LogP contribution in [0.25, 0.3) is 0 Å². The van der Waals surface area contributed by atoms with Gasteiger partial charge in [-0.15, -0.1) is 0 Å². The van der Waals surface area contributed by atoms with Crippen LogP contribution in [0.3, 0.4) is 0 Å². The van der Waals surface area contributed by atoms with Gasteiger partial charge in [0.1, 0.15) is 0 Å². The maximum atomic E-state index is 12.1. The van der Waals surface area contributed by atoms with E-state index >= 15 is 0 Å².